The van der Waals surface area contributed by atoms with E-state index in [1.54, 1.807) is 13.0 Å². The molecule has 0 unspecified atom stereocenters. The molecule has 0 bridgehead atoms. The van der Waals surface area contributed by atoms with Gasteiger partial charge in [-0.3, -0.25) is 4.79 Å². The minimum absolute atomic E-state index is 0.0657. The third kappa shape index (κ3) is 4.01. The van der Waals surface area contributed by atoms with Gasteiger partial charge in [0, 0.05) is 11.3 Å². The first-order valence-electron chi connectivity index (χ1n) is 7.70. The number of hydrogen-bond acceptors (Lipinski definition) is 3. The number of aryl methyl sites for hydroxylation is 1. The third-order valence-corrected chi connectivity index (χ3v) is 5.28. The first-order valence-corrected chi connectivity index (χ1v) is 9.18. The molecule has 2 aromatic rings. The van der Waals surface area contributed by atoms with Crippen LogP contribution in [-0.4, -0.2) is 21.4 Å². The maximum atomic E-state index is 12.5. The number of hydrogen-bond donors (Lipinski definition) is 2. The molecule has 6 heteroatoms. The Kier molecular flexibility index (Phi) is 5.41. The number of anilines is 1. The maximum absolute atomic E-state index is 12.5. The average molecular weight is 346 g/mol. The van der Waals surface area contributed by atoms with E-state index in [0.29, 0.717) is 22.7 Å². The average Bonchev–Trinajstić information content (AvgIpc) is 2.55. The second-order valence-electron chi connectivity index (χ2n) is 5.92. The van der Waals surface area contributed by atoms with Gasteiger partial charge in [0.05, 0.1) is 4.90 Å². The lowest BCUT2D eigenvalue weighted by Gasteiger charge is -2.11. The molecule has 0 aromatic heterocycles. The molecule has 0 saturated carbocycles. The van der Waals surface area contributed by atoms with Gasteiger partial charge in [-0.25, -0.2) is 13.1 Å². The number of amides is 1. The molecule has 0 radical (unpaired) electrons. The van der Waals surface area contributed by atoms with E-state index in [1.165, 1.54) is 24.7 Å². The number of nitrogens with one attached hydrogen (secondary N) is 2. The highest BCUT2D eigenvalue weighted by Gasteiger charge is 2.16. The van der Waals surface area contributed by atoms with Gasteiger partial charge < -0.3 is 5.32 Å². The molecule has 0 aliphatic rings. The number of benzene rings is 2. The number of sulfonamides is 1. The highest BCUT2D eigenvalue weighted by Crippen LogP contribution is 2.20. The monoisotopic (exact) mass is 346 g/mol. The van der Waals surface area contributed by atoms with E-state index in [9.17, 15) is 13.2 Å². The zero-order valence-electron chi connectivity index (χ0n) is 14.3. The third-order valence-electron chi connectivity index (χ3n) is 3.87. The van der Waals surface area contributed by atoms with Crippen molar-refractivity contribution in [1.29, 1.82) is 0 Å². The van der Waals surface area contributed by atoms with E-state index >= 15 is 0 Å². The van der Waals surface area contributed by atoms with Crippen LogP contribution in [0.15, 0.2) is 47.4 Å². The molecule has 0 aliphatic carbocycles. The summed E-state index contributed by atoms with van der Waals surface area (Å²) < 4.78 is 26.1. The van der Waals surface area contributed by atoms with Gasteiger partial charge in [-0.05, 0) is 55.3 Å². The van der Waals surface area contributed by atoms with Crippen LogP contribution in [0.5, 0.6) is 0 Å². The lowest BCUT2D eigenvalue weighted by molar-refractivity contribution is 0.102. The predicted octanol–water partition coefficient (Wildman–Crippen LogP) is 3.28. The molecule has 0 atom stereocenters. The molecule has 5 nitrogen and oxygen atoms in total. The van der Waals surface area contributed by atoms with E-state index in [4.69, 9.17) is 0 Å². The van der Waals surface area contributed by atoms with Gasteiger partial charge in [-0.1, -0.05) is 32.0 Å². The number of rotatable bonds is 5. The van der Waals surface area contributed by atoms with E-state index in [-0.39, 0.29) is 10.8 Å². The lowest BCUT2D eigenvalue weighted by Crippen LogP contribution is -2.20. The summed E-state index contributed by atoms with van der Waals surface area (Å²) in [5.41, 5.74) is 2.90. The van der Waals surface area contributed by atoms with Crippen molar-refractivity contribution in [2.75, 3.05) is 12.4 Å². The molecule has 0 aliphatic heterocycles. The molecule has 0 spiro atoms. The van der Waals surface area contributed by atoms with Crippen LogP contribution in [0.1, 0.15) is 41.3 Å². The van der Waals surface area contributed by atoms with Crippen molar-refractivity contribution in [3.63, 3.8) is 0 Å². The summed E-state index contributed by atoms with van der Waals surface area (Å²) in [6.07, 6.45) is 0. The summed E-state index contributed by atoms with van der Waals surface area (Å²) in [5.74, 6) is 0.0818. The van der Waals surface area contributed by atoms with Crippen molar-refractivity contribution in [2.45, 2.75) is 31.6 Å². The van der Waals surface area contributed by atoms with Crippen molar-refractivity contribution in [3.8, 4) is 0 Å². The van der Waals surface area contributed by atoms with Crippen LogP contribution in [0.2, 0.25) is 0 Å². The molecule has 0 saturated heterocycles. The number of carbonyl (C=O) groups is 1. The van der Waals surface area contributed by atoms with Crippen LogP contribution in [0.25, 0.3) is 0 Å². The van der Waals surface area contributed by atoms with Crippen molar-refractivity contribution in [1.82, 2.24) is 4.72 Å². The first kappa shape index (κ1) is 18.2. The lowest BCUT2D eigenvalue weighted by atomic mass is 10.0. The highest BCUT2D eigenvalue weighted by molar-refractivity contribution is 7.89. The summed E-state index contributed by atoms with van der Waals surface area (Å²) in [4.78, 5) is 12.6. The molecule has 2 N–H and O–H groups in total. The Bertz CT molecular complexity index is 841. The Morgan fingerprint density at radius 2 is 1.67 bits per heavy atom. The minimum Gasteiger partial charge on any atom is -0.322 e. The quantitative estimate of drug-likeness (QED) is 0.872. The van der Waals surface area contributed by atoms with Gasteiger partial charge in [0.1, 0.15) is 0 Å². The molecule has 2 rings (SSSR count). The van der Waals surface area contributed by atoms with Crippen LogP contribution in [-0.2, 0) is 10.0 Å². The Labute approximate surface area is 143 Å². The van der Waals surface area contributed by atoms with Crippen molar-refractivity contribution in [3.05, 3.63) is 59.2 Å². The van der Waals surface area contributed by atoms with Crippen LogP contribution < -0.4 is 10.0 Å². The van der Waals surface area contributed by atoms with Crippen molar-refractivity contribution in [2.24, 2.45) is 0 Å². The van der Waals surface area contributed by atoms with Gasteiger partial charge in [-0.2, -0.15) is 0 Å². The van der Waals surface area contributed by atoms with Gasteiger partial charge in [0.2, 0.25) is 10.0 Å². The summed E-state index contributed by atoms with van der Waals surface area (Å²) in [6.45, 7) is 5.97. The first-order chi connectivity index (χ1) is 11.2. The smallest absolute Gasteiger partial charge is 0.255 e. The highest BCUT2D eigenvalue weighted by atomic mass is 32.2. The number of carbonyl (C=O) groups excluding carboxylic acids is 1. The van der Waals surface area contributed by atoms with Gasteiger partial charge in [-0.15, -0.1) is 0 Å². The summed E-state index contributed by atoms with van der Waals surface area (Å²) in [5, 5.41) is 2.81. The normalized spacial score (nSPS) is 11.5. The SMILES string of the molecule is CNS(=O)(=O)c1ccc(C)c(C(=O)Nc2ccc(C(C)C)cc2)c1. The van der Waals surface area contributed by atoms with Crippen molar-refractivity contribution >= 4 is 21.6 Å². The van der Waals surface area contributed by atoms with Gasteiger partial charge >= 0.3 is 0 Å². The zero-order valence-corrected chi connectivity index (χ0v) is 15.1. The van der Waals surface area contributed by atoms with Gasteiger partial charge in [0.25, 0.3) is 5.91 Å². The Morgan fingerprint density at radius 3 is 2.21 bits per heavy atom. The summed E-state index contributed by atoms with van der Waals surface area (Å²) in [7, 11) is -2.25. The molecule has 0 fully saturated rings. The molecule has 1 amide bonds. The molecule has 2 aromatic carbocycles. The van der Waals surface area contributed by atoms with Crippen LogP contribution >= 0.6 is 0 Å². The standard InChI is InChI=1S/C18H22N2O3S/c1-12(2)14-6-8-15(9-7-14)20-18(21)17-11-16(10-5-13(17)3)24(22,23)19-4/h5-12,19H,1-4H3,(H,20,21). The van der Waals surface area contributed by atoms with Gasteiger partial charge in [0.15, 0.2) is 0 Å². The fraction of sp³-hybridized carbons (Fsp3) is 0.278. The van der Waals surface area contributed by atoms with E-state index in [1.807, 2.05) is 24.3 Å². The van der Waals surface area contributed by atoms with E-state index in [0.717, 1.165) is 0 Å². The molecular formula is C18H22N2O3S. The van der Waals surface area contributed by atoms with Crippen LogP contribution in [0.4, 0.5) is 5.69 Å². The predicted molar refractivity (Wildman–Crippen MR) is 95.9 cm³/mol. The van der Waals surface area contributed by atoms with E-state index < -0.39 is 10.0 Å². The Balaban J connectivity index is 2.28. The minimum atomic E-state index is -3.59. The Morgan fingerprint density at radius 1 is 1.04 bits per heavy atom. The molecule has 128 valence electrons. The summed E-state index contributed by atoms with van der Waals surface area (Å²) >= 11 is 0. The second kappa shape index (κ2) is 7.15. The molecular weight excluding hydrogens is 324 g/mol. The zero-order chi connectivity index (χ0) is 17.9. The fourth-order valence-electron chi connectivity index (χ4n) is 2.28. The second-order valence-corrected chi connectivity index (χ2v) is 7.80. The van der Waals surface area contributed by atoms with Crippen LogP contribution in [0.3, 0.4) is 0 Å². The van der Waals surface area contributed by atoms with Crippen LogP contribution in [0, 0.1) is 6.92 Å². The maximum Gasteiger partial charge on any atom is 0.255 e. The topological polar surface area (TPSA) is 75.3 Å². The summed E-state index contributed by atoms with van der Waals surface area (Å²) in [6, 6.07) is 12.1. The largest absolute Gasteiger partial charge is 0.322 e. The molecule has 0 heterocycles. The van der Waals surface area contributed by atoms with Crippen molar-refractivity contribution < 1.29 is 13.2 Å². The van der Waals surface area contributed by atoms with E-state index in [2.05, 4.69) is 23.9 Å². The Hall–Kier alpha value is -2.18. The molecule has 24 heavy (non-hydrogen) atoms. The fourth-order valence-corrected chi connectivity index (χ4v) is 3.04.